The minimum atomic E-state index is -0.223. The number of fused-ring (bicyclic) bond motifs is 1. The Morgan fingerprint density at radius 2 is 1.92 bits per heavy atom. The van der Waals surface area contributed by atoms with Crippen molar-refractivity contribution >= 4 is 0 Å². The van der Waals surface area contributed by atoms with Gasteiger partial charge in [-0.3, -0.25) is 9.78 Å². The molecular weight excluding hydrogens is 316 g/mol. The number of rotatable bonds is 3. The summed E-state index contributed by atoms with van der Waals surface area (Å²) in [7, 11) is 0. The van der Waals surface area contributed by atoms with Crippen LogP contribution in [0.2, 0.25) is 0 Å². The van der Waals surface area contributed by atoms with Crippen LogP contribution in [0, 0.1) is 6.92 Å². The van der Waals surface area contributed by atoms with E-state index in [0.717, 1.165) is 5.56 Å². The lowest BCUT2D eigenvalue weighted by Crippen LogP contribution is -2.18. The Kier molecular flexibility index (Phi) is 3.57. The Morgan fingerprint density at radius 3 is 2.64 bits per heavy atom. The van der Waals surface area contributed by atoms with Gasteiger partial charge in [0.2, 0.25) is 0 Å². The van der Waals surface area contributed by atoms with E-state index in [1.54, 1.807) is 23.9 Å². The Morgan fingerprint density at radius 1 is 1.12 bits per heavy atom. The maximum atomic E-state index is 12.8. The molecule has 2 aliphatic rings. The lowest BCUT2D eigenvalue weighted by molar-refractivity contribution is -0.279. The zero-order valence-corrected chi connectivity index (χ0v) is 13.6. The van der Waals surface area contributed by atoms with Crippen molar-refractivity contribution in [2.75, 3.05) is 0 Å². The highest BCUT2D eigenvalue weighted by Crippen LogP contribution is 2.26. The van der Waals surface area contributed by atoms with Crippen LogP contribution < -0.4 is 10.7 Å². The number of para-hydroxylation sites is 1. The number of benzene rings is 1. The molecule has 0 saturated carbocycles. The summed E-state index contributed by atoms with van der Waals surface area (Å²) in [6.07, 6.45) is 3.39. The van der Waals surface area contributed by atoms with Gasteiger partial charge in [-0.1, -0.05) is 24.3 Å². The first-order valence-corrected chi connectivity index (χ1v) is 7.89. The van der Waals surface area contributed by atoms with E-state index < -0.39 is 0 Å². The molecule has 0 amide bonds. The number of hydrogen-bond acceptors (Lipinski definition) is 4. The first-order chi connectivity index (χ1) is 12.1. The first kappa shape index (κ1) is 15.1. The van der Waals surface area contributed by atoms with Crippen LogP contribution >= 0.6 is 0 Å². The van der Waals surface area contributed by atoms with Gasteiger partial charge in [-0.2, -0.15) is 9.78 Å². The molecule has 124 valence electrons. The zero-order valence-electron chi connectivity index (χ0n) is 13.6. The van der Waals surface area contributed by atoms with Crippen molar-refractivity contribution in [3.8, 4) is 22.8 Å². The van der Waals surface area contributed by atoms with Crippen molar-refractivity contribution in [1.82, 2.24) is 19.3 Å². The van der Waals surface area contributed by atoms with Crippen LogP contribution in [0.5, 0.6) is 5.88 Å². The third-order valence-corrected chi connectivity index (χ3v) is 4.23. The smallest absolute Gasteiger partial charge is 0.282 e. The molecule has 1 aromatic carbocycles. The fourth-order valence-corrected chi connectivity index (χ4v) is 2.97. The fourth-order valence-electron chi connectivity index (χ4n) is 2.97. The number of aromatic nitrogens is 4. The number of nitrogens with zero attached hydrogens (tertiary/aromatic N) is 4. The second-order valence-corrected chi connectivity index (χ2v) is 5.83. The lowest BCUT2D eigenvalue weighted by Gasteiger charge is -2.22. The van der Waals surface area contributed by atoms with Gasteiger partial charge in [0.1, 0.15) is 0 Å². The minimum Gasteiger partial charge on any atom is -0.860 e. The van der Waals surface area contributed by atoms with E-state index in [0.29, 0.717) is 29.2 Å². The second kappa shape index (κ2) is 5.90. The van der Waals surface area contributed by atoms with Gasteiger partial charge in [-0.15, -0.1) is 0 Å². The maximum Gasteiger partial charge on any atom is 0.282 e. The van der Waals surface area contributed by atoms with E-state index in [-0.39, 0.29) is 11.4 Å². The van der Waals surface area contributed by atoms with E-state index in [1.165, 1.54) is 10.7 Å². The quantitative estimate of drug-likeness (QED) is 0.575. The van der Waals surface area contributed by atoms with Crippen LogP contribution in [0.1, 0.15) is 11.3 Å². The van der Waals surface area contributed by atoms with E-state index >= 15 is 0 Å². The van der Waals surface area contributed by atoms with Crippen LogP contribution in [-0.4, -0.2) is 19.3 Å². The maximum absolute atomic E-state index is 12.8. The van der Waals surface area contributed by atoms with E-state index in [2.05, 4.69) is 10.1 Å². The van der Waals surface area contributed by atoms with Crippen molar-refractivity contribution in [2.24, 2.45) is 0 Å². The fraction of sp³-hybridized carbons (Fsp3) is 0.105. The Hall–Kier alpha value is -3.41. The average molecular weight is 331 g/mol. The van der Waals surface area contributed by atoms with Crippen LogP contribution in [-0.2, 0) is 6.54 Å². The average Bonchev–Trinajstić information content (AvgIpc) is 2.96. The van der Waals surface area contributed by atoms with Crippen molar-refractivity contribution < 1.29 is 5.11 Å². The molecule has 0 N–H and O–H groups in total. The molecule has 0 radical (unpaired) electrons. The molecule has 0 bridgehead atoms. The summed E-state index contributed by atoms with van der Waals surface area (Å²) in [5.74, 6) is -0.188. The molecule has 0 atom stereocenters. The highest BCUT2D eigenvalue weighted by atomic mass is 16.3. The van der Waals surface area contributed by atoms with Gasteiger partial charge in [0.05, 0.1) is 16.9 Å². The molecule has 0 saturated heterocycles. The highest BCUT2D eigenvalue weighted by molar-refractivity contribution is 5.65. The van der Waals surface area contributed by atoms with E-state index in [9.17, 15) is 9.90 Å². The Bertz CT molecular complexity index is 1050. The topological polar surface area (TPSA) is 75.8 Å². The van der Waals surface area contributed by atoms with Gasteiger partial charge >= 0.3 is 0 Å². The summed E-state index contributed by atoms with van der Waals surface area (Å²) < 4.78 is 2.92. The number of hydrogen-bond donors (Lipinski definition) is 0. The van der Waals surface area contributed by atoms with Gasteiger partial charge in [0, 0.05) is 24.6 Å². The first-order valence-electron chi connectivity index (χ1n) is 7.89. The molecule has 1 aromatic heterocycles. The summed E-state index contributed by atoms with van der Waals surface area (Å²) >= 11 is 0. The summed E-state index contributed by atoms with van der Waals surface area (Å²) in [6, 6.07) is 14.3. The van der Waals surface area contributed by atoms with Crippen LogP contribution in [0.4, 0.5) is 0 Å². The molecule has 6 heteroatoms. The molecule has 4 rings (SSSR count). The number of pyridine rings is 2. The van der Waals surface area contributed by atoms with Crippen molar-refractivity contribution in [2.45, 2.75) is 13.5 Å². The molecule has 0 unspecified atom stereocenters. The van der Waals surface area contributed by atoms with Gasteiger partial charge in [0.15, 0.2) is 0 Å². The third-order valence-electron chi connectivity index (χ3n) is 4.23. The lowest BCUT2D eigenvalue weighted by atomic mass is 10.1. The minimum absolute atomic E-state index is 0.188. The summed E-state index contributed by atoms with van der Waals surface area (Å²) in [4.78, 5) is 16.9. The molecule has 25 heavy (non-hydrogen) atoms. The monoisotopic (exact) mass is 331 g/mol. The summed E-state index contributed by atoms with van der Waals surface area (Å²) in [6.45, 7) is 2.14. The SMILES string of the molecule is Cc1c2c(=O)n(-c3ccccc3)nc-2cc([O-])n1Cc1cccnc1. The van der Waals surface area contributed by atoms with Crippen LogP contribution in [0.25, 0.3) is 16.9 Å². The van der Waals surface area contributed by atoms with E-state index in [4.69, 9.17) is 0 Å². The molecule has 0 fully saturated rings. The Balaban J connectivity index is 1.89. The standard InChI is InChI=1S/C19H16N4O2/c1-13-18-16(21-23(19(18)25)15-7-3-2-4-8-15)10-17(24)22(13)12-14-6-5-9-20-11-14/h2-11,24H,12H2,1H3/p-1. The molecule has 3 heterocycles. The van der Waals surface area contributed by atoms with Gasteiger partial charge in [-0.25, -0.2) is 0 Å². The van der Waals surface area contributed by atoms with Crippen LogP contribution in [0.3, 0.4) is 0 Å². The predicted molar refractivity (Wildman–Crippen MR) is 92.0 cm³/mol. The predicted octanol–water partition coefficient (Wildman–Crippen LogP) is 1.96. The Labute approximate surface area is 144 Å². The van der Waals surface area contributed by atoms with Gasteiger partial charge in [0.25, 0.3) is 5.56 Å². The second-order valence-electron chi connectivity index (χ2n) is 5.83. The summed E-state index contributed by atoms with van der Waals surface area (Å²) in [5.41, 5.74) is 2.84. The molecular formula is C19H15N4O2-. The molecule has 0 aliphatic carbocycles. The van der Waals surface area contributed by atoms with Crippen LogP contribution in [0.15, 0.2) is 65.7 Å². The third kappa shape index (κ3) is 2.57. The molecule has 6 nitrogen and oxygen atoms in total. The van der Waals surface area contributed by atoms with Gasteiger partial charge < -0.3 is 9.67 Å². The van der Waals surface area contributed by atoms with Crippen molar-refractivity contribution in [3.63, 3.8) is 0 Å². The molecule has 0 spiro atoms. The zero-order chi connectivity index (χ0) is 17.4. The van der Waals surface area contributed by atoms with Crippen molar-refractivity contribution in [1.29, 1.82) is 0 Å². The highest BCUT2D eigenvalue weighted by Gasteiger charge is 2.20. The van der Waals surface area contributed by atoms with Crippen molar-refractivity contribution in [3.05, 3.63) is 82.5 Å². The normalized spacial score (nSPS) is 11.1. The molecule has 2 aromatic rings. The largest absolute Gasteiger partial charge is 0.860 e. The summed E-state index contributed by atoms with van der Waals surface area (Å²) in [5, 5.41) is 16.8. The van der Waals surface area contributed by atoms with Gasteiger partial charge in [-0.05, 0) is 42.6 Å². The van der Waals surface area contributed by atoms with E-state index in [1.807, 2.05) is 42.5 Å². The molecule has 2 aliphatic heterocycles.